The lowest BCUT2D eigenvalue weighted by molar-refractivity contribution is -0.129. The molecule has 120 valence electrons. The van der Waals surface area contributed by atoms with Gasteiger partial charge in [-0.3, -0.25) is 9.59 Å². The van der Waals surface area contributed by atoms with Gasteiger partial charge >= 0.3 is 0 Å². The highest BCUT2D eigenvalue weighted by Crippen LogP contribution is 2.34. The van der Waals surface area contributed by atoms with Gasteiger partial charge in [0.05, 0.1) is 35.6 Å². The van der Waals surface area contributed by atoms with Crippen LogP contribution in [0.25, 0.3) is 0 Å². The second-order valence-corrected chi connectivity index (χ2v) is 7.05. The van der Waals surface area contributed by atoms with Gasteiger partial charge in [0, 0.05) is 18.3 Å². The molecule has 0 N–H and O–H groups in total. The molecule has 4 rings (SSSR count). The molecule has 7 heteroatoms. The number of thiazole rings is 1. The van der Waals surface area contributed by atoms with Crippen LogP contribution in [-0.4, -0.2) is 45.2 Å². The lowest BCUT2D eigenvalue weighted by atomic mass is 10.1. The molecular weight excluding hydrogens is 314 g/mol. The molecule has 0 spiro atoms. The molecule has 2 aliphatic rings. The average molecular weight is 331 g/mol. The van der Waals surface area contributed by atoms with Gasteiger partial charge in [0.15, 0.2) is 5.76 Å². The van der Waals surface area contributed by atoms with Crippen molar-refractivity contribution in [3.05, 3.63) is 40.2 Å². The van der Waals surface area contributed by atoms with E-state index in [2.05, 4.69) is 4.98 Å². The fourth-order valence-electron chi connectivity index (χ4n) is 3.58. The number of hydrogen-bond donors (Lipinski definition) is 0. The van der Waals surface area contributed by atoms with E-state index >= 15 is 0 Å². The largest absolute Gasteiger partial charge is 0.459 e. The zero-order valence-corrected chi connectivity index (χ0v) is 13.6. The number of aromatic nitrogens is 1. The highest BCUT2D eigenvalue weighted by atomic mass is 32.1. The molecule has 0 aromatic carbocycles. The maximum Gasteiger partial charge on any atom is 0.289 e. The molecule has 2 aromatic heterocycles. The molecule has 2 fully saturated rings. The van der Waals surface area contributed by atoms with Crippen molar-refractivity contribution in [3.8, 4) is 0 Å². The van der Waals surface area contributed by atoms with E-state index in [-0.39, 0.29) is 23.9 Å². The van der Waals surface area contributed by atoms with Crippen molar-refractivity contribution in [2.45, 2.75) is 38.4 Å². The number of fused-ring (bicyclic) bond motifs is 1. The van der Waals surface area contributed by atoms with Crippen LogP contribution in [0.15, 0.2) is 28.2 Å². The molecule has 0 saturated carbocycles. The third-order valence-electron chi connectivity index (χ3n) is 4.61. The van der Waals surface area contributed by atoms with E-state index in [0.717, 1.165) is 17.1 Å². The van der Waals surface area contributed by atoms with Gasteiger partial charge in [0.2, 0.25) is 5.91 Å². The molecule has 0 aliphatic carbocycles. The molecule has 4 heterocycles. The van der Waals surface area contributed by atoms with Crippen LogP contribution in [0.4, 0.5) is 0 Å². The van der Waals surface area contributed by atoms with Crippen molar-refractivity contribution in [2.75, 3.05) is 6.54 Å². The summed E-state index contributed by atoms with van der Waals surface area (Å²) < 4.78 is 5.21. The van der Waals surface area contributed by atoms with Crippen molar-refractivity contribution in [2.24, 2.45) is 0 Å². The van der Waals surface area contributed by atoms with Crippen LogP contribution in [0.1, 0.15) is 34.1 Å². The number of furan rings is 1. The number of nitrogens with zero attached hydrogens (tertiary/aromatic N) is 3. The summed E-state index contributed by atoms with van der Waals surface area (Å²) in [5.41, 5.74) is 0.928. The van der Waals surface area contributed by atoms with Gasteiger partial charge in [-0.15, -0.1) is 11.3 Å². The Hall–Kier alpha value is -2.15. The minimum atomic E-state index is -0.123. The lowest BCUT2D eigenvalue weighted by Gasteiger charge is -2.24. The van der Waals surface area contributed by atoms with Crippen LogP contribution in [-0.2, 0) is 11.3 Å². The molecule has 2 unspecified atom stereocenters. The van der Waals surface area contributed by atoms with Gasteiger partial charge in [-0.25, -0.2) is 4.98 Å². The van der Waals surface area contributed by atoms with Gasteiger partial charge in [-0.2, -0.15) is 0 Å². The van der Waals surface area contributed by atoms with Crippen molar-refractivity contribution < 1.29 is 14.0 Å². The first-order chi connectivity index (χ1) is 11.1. The Morgan fingerprint density at radius 3 is 3.04 bits per heavy atom. The Labute approximate surface area is 137 Å². The van der Waals surface area contributed by atoms with E-state index in [0.29, 0.717) is 25.3 Å². The highest BCUT2D eigenvalue weighted by Gasteiger charge is 2.48. The summed E-state index contributed by atoms with van der Waals surface area (Å²) in [7, 11) is 0. The second-order valence-electron chi connectivity index (χ2n) is 5.98. The van der Waals surface area contributed by atoms with Crippen molar-refractivity contribution in [3.63, 3.8) is 0 Å². The van der Waals surface area contributed by atoms with E-state index in [9.17, 15) is 9.59 Å². The van der Waals surface area contributed by atoms with Crippen LogP contribution in [0.3, 0.4) is 0 Å². The maximum atomic E-state index is 12.5. The highest BCUT2D eigenvalue weighted by molar-refractivity contribution is 7.09. The Morgan fingerprint density at radius 1 is 1.48 bits per heavy atom. The van der Waals surface area contributed by atoms with E-state index in [1.807, 2.05) is 17.2 Å². The first kappa shape index (κ1) is 14.4. The van der Waals surface area contributed by atoms with Crippen molar-refractivity contribution in [1.29, 1.82) is 0 Å². The molecule has 2 aromatic rings. The summed E-state index contributed by atoms with van der Waals surface area (Å²) >= 11 is 1.59. The van der Waals surface area contributed by atoms with E-state index < -0.39 is 0 Å². The van der Waals surface area contributed by atoms with Gasteiger partial charge in [0.25, 0.3) is 5.91 Å². The number of amides is 2. The van der Waals surface area contributed by atoms with Gasteiger partial charge in [-0.05, 0) is 25.5 Å². The third-order valence-corrected chi connectivity index (χ3v) is 5.43. The monoisotopic (exact) mass is 331 g/mol. The lowest BCUT2D eigenvalue weighted by Crippen LogP contribution is -2.39. The SMILES string of the molecule is Cc1nc(CN2C(=O)CC3C2CCN3C(=O)c2ccco2)cs1. The van der Waals surface area contributed by atoms with Gasteiger partial charge in [-0.1, -0.05) is 0 Å². The minimum absolute atomic E-state index is 0.0557. The summed E-state index contributed by atoms with van der Waals surface area (Å²) in [6, 6.07) is 3.41. The quantitative estimate of drug-likeness (QED) is 0.863. The Kier molecular flexibility index (Phi) is 3.45. The fraction of sp³-hybridized carbons (Fsp3) is 0.438. The smallest absolute Gasteiger partial charge is 0.289 e. The molecule has 0 radical (unpaired) electrons. The second kappa shape index (κ2) is 5.49. The minimum Gasteiger partial charge on any atom is -0.459 e. The molecule has 2 saturated heterocycles. The zero-order valence-electron chi connectivity index (χ0n) is 12.8. The first-order valence-corrected chi connectivity index (χ1v) is 8.56. The van der Waals surface area contributed by atoms with Crippen molar-refractivity contribution in [1.82, 2.24) is 14.8 Å². The van der Waals surface area contributed by atoms with Crippen LogP contribution < -0.4 is 0 Å². The first-order valence-electron chi connectivity index (χ1n) is 7.68. The molecule has 2 amide bonds. The number of rotatable bonds is 3. The molecular formula is C16H17N3O3S. The standard InChI is InChI=1S/C16H17N3O3S/c1-10-17-11(9-23-10)8-19-12-4-5-18(13(12)7-15(19)20)16(21)14-3-2-6-22-14/h2-3,6,9,12-13H,4-5,7-8H2,1H3. The molecule has 0 bridgehead atoms. The third kappa shape index (κ3) is 2.45. The normalized spacial score (nSPS) is 23.6. The van der Waals surface area contributed by atoms with Crippen molar-refractivity contribution >= 4 is 23.2 Å². The van der Waals surface area contributed by atoms with Crippen LogP contribution in [0.5, 0.6) is 0 Å². The number of carbonyl (C=O) groups excluding carboxylic acids is 2. The average Bonchev–Trinajstić information content (AvgIpc) is 3.27. The van der Waals surface area contributed by atoms with Gasteiger partial charge in [0.1, 0.15) is 0 Å². The number of hydrogen-bond acceptors (Lipinski definition) is 5. The molecule has 23 heavy (non-hydrogen) atoms. The summed E-state index contributed by atoms with van der Waals surface area (Å²) in [5, 5.41) is 3.00. The summed E-state index contributed by atoms with van der Waals surface area (Å²) in [6.07, 6.45) is 2.70. The van der Waals surface area contributed by atoms with E-state index in [4.69, 9.17) is 4.42 Å². The summed E-state index contributed by atoms with van der Waals surface area (Å²) in [4.78, 5) is 33.0. The fourth-order valence-corrected chi connectivity index (χ4v) is 4.19. The topological polar surface area (TPSA) is 66.7 Å². The molecule has 6 nitrogen and oxygen atoms in total. The van der Waals surface area contributed by atoms with E-state index in [1.165, 1.54) is 6.26 Å². The van der Waals surface area contributed by atoms with Crippen LogP contribution in [0, 0.1) is 6.92 Å². The maximum absolute atomic E-state index is 12.5. The number of likely N-dealkylation sites (tertiary alicyclic amines) is 2. The Bertz CT molecular complexity index is 740. The number of carbonyl (C=O) groups is 2. The van der Waals surface area contributed by atoms with Crippen LogP contribution in [0.2, 0.25) is 0 Å². The Balaban J connectivity index is 1.52. The Morgan fingerprint density at radius 2 is 2.35 bits per heavy atom. The van der Waals surface area contributed by atoms with Crippen LogP contribution >= 0.6 is 11.3 Å². The molecule has 2 aliphatic heterocycles. The van der Waals surface area contributed by atoms with Gasteiger partial charge < -0.3 is 14.2 Å². The predicted molar refractivity (Wildman–Crippen MR) is 84.0 cm³/mol. The summed E-state index contributed by atoms with van der Waals surface area (Å²) in [5.74, 6) is 0.316. The molecule has 2 atom stereocenters. The predicted octanol–water partition coefficient (Wildman–Crippen LogP) is 2.06. The number of aryl methyl sites for hydroxylation is 1. The zero-order chi connectivity index (χ0) is 16.0. The van der Waals surface area contributed by atoms with E-state index in [1.54, 1.807) is 28.4 Å². The summed E-state index contributed by atoms with van der Waals surface area (Å²) in [6.45, 7) is 3.16.